The standard InChI is InChI=1S/C32H37F3N6O/c1-31(2,16-17-36)39-30-26-10-6-7-11-27(26)37-28(38-30)22-40-18-20-41(21-19-40)29(23-8-4-3-5-9-23)24-12-14-25(15-13-24)42-32(33,34)35/h3-15,29H,16-22,36H2,1-2H3,(H,37,38,39). The van der Waals surface area contributed by atoms with Crippen LogP contribution in [-0.4, -0.2) is 64.4 Å². The molecule has 1 aliphatic heterocycles. The number of ether oxygens (including phenoxy) is 1. The SMILES string of the molecule is CC(C)(CCN)Nc1nc(CN2CCN(C(c3ccccc3)c3ccc(OC(F)(F)F)cc3)CC2)nc2ccccc12. The van der Waals surface area contributed by atoms with Crippen LogP contribution in [0.25, 0.3) is 10.9 Å². The first-order chi connectivity index (χ1) is 20.1. The Morgan fingerprint density at radius 2 is 1.50 bits per heavy atom. The minimum atomic E-state index is -4.72. The van der Waals surface area contributed by atoms with Crippen LogP contribution < -0.4 is 15.8 Å². The average Bonchev–Trinajstić information content (AvgIpc) is 2.95. The molecule has 10 heteroatoms. The second-order valence-corrected chi connectivity index (χ2v) is 11.3. The smallest absolute Gasteiger partial charge is 0.406 e. The molecule has 7 nitrogen and oxygen atoms in total. The van der Waals surface area contributed by atoms with Crippen LogP contribution in [0, 0.1) is 0 Å². The van der Waals surface area contributed by atoms with Crippen LogP contribution >= 0.6 is 0 Å². The number of hydrogen-bond donors (Lipinski definition) is 2. The second-order valence-electron chi connectivity index (χ2n) is 11.3. The molecule has 5 rings (SSSR count). The molecule has 0 amide bonds. The van der Waals surface area contributed by atoms with Crippen LogP contribution in [0.2, 0.25) is 0 Å². The fourth-order valence-corrected chi connectivity index (χ4v) is 5.52. The third-order valence-corrected chi connectivity index (χ3v) is 7.56. The number of rotatable bonds is 10. The number of fused-ring (bicyclic) bond motifs is 1. The molecular formula is C32H37F3N6O. The van der Waals surface area contributed by atoms with Gasteiger partial charge in [-0.05, 0) is 62.2 Å². The van der Waals surface area contributed by atoms with E-state index in [1.165, 1.54) is 12.1 Å². The van der Waals surface area contributed by atoms with Gasteiger partial charge in [-0.15, -0.1) is 13.2 Å². The van der Waals surface area contributed by atoms with Gasteiger partial charge in [0, 0.05) is 37.1 Å². The zero-order valence-corrected chi connectivity index (χ0v) is 23.9. The van der Waals surface area contributed by atoms with Gasteiger partial charge in [-0.25, -0.2) is 9.97 Å². The van der Waals surface area contributed by atoms with Crippen LogP contribution in [0.15, 0.2) is 78.9 Å². The summed E-state index contributed by atoms with van der Waals surface area (Å²) in [6, 6.07) is 24.2. The summed E-state index contributed by atoms with van der Waals surface area (Å²) in [5.41, 5.74) is 8.53. The molecule has 0 aliphatic carbocycles. The normalized spacial score (nSPS) is 16.0. The summed E-state index contributed by atoms with van der Waals surface area (Å²) in [6.07, 6.45) is -3.91. The van der Waals surface area contributed by atoms with Crippen molar-refractivity contribution in [2.45, 2.75) is 44.8 Å². The number of para-hydroxylation sites is 1. The van der Waals surface area contributed by atoms with Crippen LogP contribution in [0.3, 0.4) is 0 Å². The van der Waals surface area contributed by atoms with Crippen molar-refractivity contribution in [1.29, 1.82) is 0 Å². The number of nitrogens with zero attached hydrogens (tertiary/aromatic N) is 4. The second kappa shape index (κ2) is 12.6. The summed E-state index contributed by atoms with van der Waals surface area (Å²) in [4.78, 5) is 14.5. The summed E-state index contributed by atoms with van der Waals surface area (Å²) in [7, 11) is 0. The van der Waals surface area contributed by atoms with Gasteiger partial charge in [0.15, 0.2) is 0 Å². The van der Waals surface area contributed by atoms with Crippen LogP contribution in [0.1, 0.15) is 43.3 Å². The molecule has 222 valence electrons. The first-order valence-electron chi connectivity index (χ1n) is 14.2. The van der Waals surface area contributed by atoms with E-state index in [9.17, 15) is 13.2 Å². The van der Waals surface area contributed by atoms with Crippen molar-refractivity contribution in [3.8, 4) is 5.75 Å². The van der Waals surface area contributed by atoms with Crippen molar-refractivity contribution in [3.05, 3.63) is 95.8 Å². The molecule has 0 spiro atoms. The zero-order chi connectivity index (χ0) is 29.7. The molecule has 1 unspecified atom stereocenters. The van der Waals surface area contributed by atoms with Gasteiger partial charge in [0.25, 0.3) is 0 Å². The largest absolute Gasteiger partial charge is 0.573 e. The van der Waals surface area contributed by atoms with Gasteiger partial charge in [0.1, 0.15) is 17.4 Å². The van der Waals surface area contributed by atoms with Gasteiger partial charge < -0.3 is 15.8 Å². The predicted molar refractivity (Wildman–Crippen MR) is 159 cm³/mol. The van der Waals surface area contributed by atoms with E-state index in [1.807, 2.05) is 42.5 Å². The number of alkyl halides is 3. The van der Waals surface area contributed by atoms with E-state index < -0.39 is 6.36 Å². The van der Waals surface area contributed by atoms with Gasteiger partial charge >= 0.3 is 6.36 Å². The first-order valence-corrected chi connectivity index (χ1v) is 14.2. The minimum Gasteiger partial charge on any atom is -0.406 e. The molecule has 0 radical (unpaired) electrons. The Labute approximate surface area is 244 Å². The number of nitrogens with one attached hydrogen (secondary N) is 1. The molecule has 1 aromatic heterocycles. The first kappa shape index (κ1) is 29.8. The van der Waals surface area contributed by atoms with Crippen molar-refractivity contribution in [3.63, 3.8) is 0 Å². The summed E-state index contributed by atoms with van der Waals surface area (Å²) < 4.78 is 42.2. The number of piperazine rings is 1. The van der Waals surface area contributed by atoms with Crippen LogP contribution in [0.4, 0.5) is 19.0 Å². The van der Waals surface area contributed by atoms with E-state index in [2.05, 4.69) is 45.8 Å². The van der Waals surface area contributed by atoms with E-state index in [-0.39, 0.29) is 17.3 Å². The van der Waals surface area contributed by atoms with E-state index in [0.29, 0.717) is 13.1 Å². The van der Waals surface area contributed by atoms with Crippen molar-refractivity contribution < 1.29 is 17.9 Å². The highest BCUT2D eigenvalue weighted by Gasteiger charge is 2.32. The molecule has 1 saturated heterocycles. The Morgan fingerprint density at radius 1 is 0.857 bits per heavy atom. The topological polar surface area (TPSA) is 79.5 Å². The third-order valence-electron chi connectivity index (χ3n) is 7.56. The molecular weight excluding hydrogens is 541 g/mol. The monoisotopic (exact) mass is 578 g/mol. The Hall–Kier alpha value is -3.73. The van der Waals surface area contributed by atoms with Crippen molar-refractivity contribution in [2.24, 2.45) is 5.73 Å². The van der Waals surface area contributed by atoms with Crippen molar-refractivity contribution >= 4 is 16.7 Å². The minimum absolute atomic E-state index is 0.0919. The van der Waals surface area contributed by atoms with E-state index in [0.717, 1.165) is 66.3 Å². The zero-order valence-electron chi connectivity index (χ0n) is 23.9. The van der Waals surface area contributed by atoms with Crippen LogP contribution in [-0.2, 0) is 6.54 Å². The lowest BCUT2D eigenvalue weighted by Crippen LogP contribution is -2.47. The Morgan fingerprint density at radius 3 is 2.17 bits per heavy atom. The molecule has 1 fully saturated rings. The molecule has 1 atom stereocenters. The summed E-state index contributed by atoms with van der Waals surface area (Å²) in [5.74, 6) is 1.35. The number of nitrogens with two attached hydrogens (primary N) is 1. The fourth-order valence-electron chi connectivity index (χ4n) is 5.52. The molecule has 4 aromatic rings. The molecule has 0 bridgehead atoms. The summed E-state index contributed by atoms with van der Waals surface area (Å²) in [5, 5.41) is 4.57. The lowest BCUT2D eigenvalue weighted by atomic mass is 9.96. The Balaban J connectivity index is 1.31. The van der Waals surface area contributed by atoms with Gasteiger partial charge in [-0.2, -0.15) is 0 Å². The van der Waals surface area contributed by atoms with Gasteiger partial charge in [-0.1, -0.05) is 54.6 Å². The number of halogens is 3. The van der Waals surface area contributed by atoms with Gasteiger partial charge in [-0.3, -0.25) is 9.80 Å². The van der Waals surface area contributed by atoms with Crippen molar-refractivity contribution in [1.82, 2.24) is 19.8 Å². The van der Waals surface area contributed by atoms with Crippen molar-refractivity contribution in [2.75, 3.05) is 38.0 Å². The molecule has 1 aliphatic rings. The Kier molecular flexibility index (Phi) is 8.96. The lowest BCUT2D eigenvalue weighted by Gasteiger charge is -2.39. The number of anilines is 1. The van der Waals surface area contributed by atoms with Gasteiger partial charge in [0.05, 0.1) is 18.1 Å². The molecule has 0 saturated carbocycles. The molecule has 3 N–H and O–H groups in total. The van der Waals surface area contributed by atoms with E-state index in [4.69, 9.17) is 15.7 Å². The quantitative estimate of drug-likeness (QED) is 0.240. The summed E-state index contributed by atoms with van der Waals surface area (Å²) in [6.45, 7) is 8.60. The molecule has 3 aromatic carbocycles. The van der Waals surface area contributed by atoms with Gasteiger partial charge in [0.2, 0.25) is 0 Å². The maximum Gasteiger partial charge on any atom is 0.573 e. The predicted octanol–water partition coefficient (Wildman–Crippen LogP) is 5.97. The summed E-state index contributed by atoms with van der Waals surface area (Å²) >= 11 is 0. The Bertz CT molecular complexity index is 1460. The maximum absolute atomic E-state index is 12.7. The lowest BCUT2D eigenvalue weighted by molar-refractivity contribution is -0.274. The number of aromatic nitrogens is 2. The third kappa shape index (κ3) is 7.56. The van der Waals surface area contributed by atoms with E-state index >= 15 is 0 Å². The molecule has 2 heterocycles. The maximum atomic E-state index is 12.7. The number of hydrogen-bond acceptors (Lipinski definition) is 7. The highest BCUT2D eigenvalue weighted by molar-refractivity contribution is 5.89. The van der Waals surface area contributed by atoms with E-state index in [1.54, 1.807) is 12.1 Å². The fraction of sp³-hybridized carbons (Fsp3) is 0.375. The highest BCUT2D eigenvalue weighted by Crippen LogP contribution is 2.32. The van der Waals surface area contributed by atoms with Crippen LogP contribution in [0.5, 0.6) is 5.75 Å². The highest BCUT2D eigenvalue weighted by atomic mass is 19.4. The molecule has 42 heavy (non-hydrogen) atoms. The number of benzene rings is 3. The average molecular weight is 579 g/mol.